The number of hydrogen-bond donors (Lipinski definition) is 1. The van der Waals surface area contributed by atoms with Crippen molar-refractivity contribution in [2.24, 2.45) is 0 Å². The van der Waals surface area contributed by atoms with E-state index in [1.165, 1.54) is 0 Å². The summed E-state index contributed by atoms with van der Waals surface area (Å²) in [5, 5.41) is 9.04. The van der Waals surface area contributed by atoms with Crippen LogP contribution in [0.15, 0.2) is 55.8 Å². The fourth-order valence-electron chi connectivity index (χ4n) is 2.05. The van der Waals surface area contributed by atoms with Crippen LogP contribution in [0.4, 0.5) is 0 Å². The minimum atomic E-state index is -0.128. The topological polar surface area (TPSA) is 63.6 Å². The van der Waals surface area contributed by atoms with Crippen LogP contribution in [0.3, 0.4) is 0 Å². The van der Waals surface area contributed by atoms with Crippen LogP contribution >= 0.6 is 15.9 Å². The quantitative estimate of drug-likeness (QED) is 0.716. The van der Waals surface area contributed by atoms with Gasteiger partial charge in [0.05, 0.1) is 0 Å². The molecule has 0 spiro atoms. The van der Waals surface area contributed by atoms with E-state index in [-0.39, 0.29) is 6.61 Å². The van der Waals surface area contributed by atoms with Crippen LogP contribution in [-0.4, -0.2) is 11.4 Å². The molecule has 1 N–H and O–H groups in total. The summed E-state index contributed by atoms with van der Waals surface area (Å²) in [5.74, 6) is 2.11. The number of aliphatic hydroxyl groups excluding tert-OH is 1. The number of hydrogen-bond acceptors (Lipinski definition) is 4. The summed E-state index contributed by atoms with van der Waals surface area (Å²) in [6, 6.07) is 12.6. The molecule has 0 aliphatic heterocycles. The second kappa shape index (κ2) is 5.71. The van der Waals surface area contributed by atoms with E-state index in [1.54, 1.807) is 18.2 Å². The van der Waals surface area contributed by atoms with Crippen molar-refractivity contribution in [1.29, 1.82) is 0 Å². The minimum Gasteiger partial charge on any atom is -0.459 e. The average molecular weight is 347 g/mol. The highest BCUT2D eigenvalue weighted by Crippen LogP contribution is 2.33. The van der Waals surface area contributed by atoms with Crippen LogP contribution < -0.4 is 0 Å². The Hall–Kier alpha value is -2.11. The highest BCUT2D eigenvalue weighted by molar-refractivity contribution is 9.10. The van der Waals surface area contributed by atoms with E-state index in [0.717, 1.165) is 15.6 Å². The zero-order chi connectivity index (χ0) is 14.8. The van der Waals surface area contributed by atoms with Gasteiger partial charge in [-0.1, -0.05) is 22.0 Å². The molecule has 0 fully saturated rings. The predicted molar refractivity (Wildman–Crippen MR) is 80.9 cm³/mol. The Morgan fingerprint density at radius 3 is 2.48 bits per heavy atom. The van der Waals surface area contributed by atoms with E-state index in [2.05, 4.69) is 15.9 Å². The molecule has 1 aromatic carbocycles. The number of carbonyl (C=O) groups excluding carboxylic acids is 1. The molecule has 0 radical (unpaired) electrons. The number of benzene rings is 1. The largest absolute Gasteiger partial charge is 0.459 e. The lowest BCUT2D eigenvalue weighted by molar-refractivity contribution is 0.110. The molecular weight excluding hydrogens is 336 g/mol. The van der Waals surface area contributed by atoms with Gasteiger partial charge in [-0.2, -0.15) is 0 Å². The first-order chi connectivity index (χ1) is 10.2. The van der Waals surface area contributed by atoms with Crippen molar-refractivity contribution < 1.29 is 18.7 Å². The Bertz CT molecular complexity index is 785. The zero-order valence-electron chi connectivity index (χ0n) is 10.9. The lowest BCUT2D eigenvalue weighted by atomic mass is 10.1. The molecule has 0 unspecified atom stereocenters. The predicted octanol–water partition coefficient (Wildman–Crippen LogP) is 4.27. The van der Waals surface area contributed by atoms with Crippen LogP contribution in [0.25, 0.3) is 22.6 Å². The molecule has 4 nitrogen and oxygen atoms in total. The second-order valence-corrected chi connectivity index (χ2v) is 5.29. The van der Waals surface area contributed by atoms with E-state index < -0.39 is 0 Å². The number of rotatable bonds is 4. The molecule has 3 rings (SSSR count). The first kappa shape index (κ1) is 13.9. The Morgan fingerprint density at radius 2 is 1.86 bits per heavy atom. The number of furan rings is 2. The number of halogens is 1. The molecule has 2 aromatic heterocycles. The first-order valence-electron chi connectivity index (χ1n) is 6.26. The van der Waals surface area contributed by atoms with Crippen molar-refractivity contribution in [2.45, 2.75) is 6.61 Å². The number of aliphatic hydroxyl groups is 1. The third-order valence-corrected chi connectivity index (χ3v) is 3.74. The average Bonchev–Trinajstić information content (AvgIpc) is 3.16. The first-order valence-corrected chi connectivity index (χ1v) is 7.05. The van der Waals surface area contributed by atoms with Gasteiger partial charge in [-0.25, -0.2) is 0 Å². The molecule has 0 saturated carbocycles. The smallest absolute Gasteiger partial charge is 0.185 e. The third-order valence-electron chi connectivity index (χ3n) is 3.08. The van der Waals surface area contributed by atoms with Gasteiger partial charge in [-0.3, -0.25) is 4.79 Å². The SMILES string of the molecule is O=Cc1ccc(-c2ccc(-c3ccc(CO)o3)c(Br)c2)o1. The van der Waals surface area contributed by atoms with Gasteiger partial charge in [0, 0.05) is 15.6 Å². The summed E-state index contributed by atoms with van der Waals surface area (Å²) in [5.41, 5.74) is 1.73. The summed E-state index contributed by atoms with van der Waals surface area (Å²) in [4.78, 5) is 10.7. The van der Waals surface area contributed by atoms with Gasteiger partial charge in [0.15, 0.2) is 12.0 Å². The monoisotopic (exact) mass is 346 g/mol. The van der Waals surface area contributed by atoms with Gasteiger partial charge in [0.1, 0.15) is 23.9 Å². The molecule has 0 amide bonds. The maximum Gasteiger partial charge on any atom is 0.185 e. The van der Waals surface area contributed by atoms with Gasteiger partial charge in [0.2, 0.25) is 0 Å². The summed E-state index contributed by atoms with van der Waals surface area (Å²) in [6.07, 6.45) is 0.673. The number of aldehydes is 1. The highest BCUT2D eigenvalue weighted by atomic mass is 79.9. The lowest BCUT2D eigenvalue weighted by Crippen LogP contribution is -1.81. The Kier molecular flexibility index (Phi) is 3.77. The molecule has 2 heterocycles. The van der Waals surface area contributed by atoms with Crippen LogP contribution in [0.5, 0.6) is 0 Å². The zero-order valence-corrected chi connectivity index (χ0v) is 12.5. The van der Waals surface area contributed by atoms with Crippen LogP contribution in [0.1, 0.15) is 16.3 Å². The molecule has 3 aromatic rings. The van der Waals surface area contributed by atoms with E-state index >= 15 is 0 Å². The molecular formula is C16H11BrO4. The van der Waals surface area contributed by atoms with E-state index in [0.29, 0.717) is 29.3 Å². The Labute approximate surface area is 129 Å². The van der Waals surface area contributed by atoms with E-state index in [1.807, 2.05) is 24.3 Å². The van der Waals surface area contributed by atoms with Crippen LogP contribution in [0.2, 0.25) is 0 Å². The van der Waals surface area contributed by atoms with Crippen molar-refractivity contribution >= 4 is 22.2 Å². The summed E-state index contributed by atoms with van der Waals surface area (Å²) in [6.45, 7) is -0.128. The van der Waals surface area contributed by atoms with Gasteiger partial charge < -0.3 is 13.9 Å². The van der Waals surface area contributed by atoms with Gasteiger partial charge in [-0.15, -0.1) is 0 Å². The highest BCUT2D eigenvalue weighted by Gasteiger charge is 2.11. The molecule has 106 valence electrons. The molecule has 21 heavy (non-hydrogen) atoms. The second-order valence-electron chi connectivity index (χ2n) is 4.44. The van der Waals surface area contributed by atoms with Crippen molar-refractivity contribution in [1.82, 2.24) is 0 Å². The van der Waals surface area contributed by atoms with Crippen molar-refractivity contribution in [2.75, 3.05) is 0 Å². The number of carbonyl (C=O) groups is 1. The third kappa shape index (κ3) is 2.70. The van der Waals surface area contributed by atoms with E-state index in [9.17, 15) is 4.79 Å². The molecule has 5 heteroatoms. The lowest BCUT2D eigenvalue weighted by Gasteiger charge is -2.04. The van der Waals surface area contributed by atoms with Crippen molar-refractivity contribution in [3.8, 4) is 22.6 Å². The molecule has 0 atom stereocenters. The van der Waals surface area contributed by atoms with E-state index in [4.69, 9.17) is 13.9 Å². The summed E-state index contributed by atoms with van der Waals surface area (Å²) in [7, 11) is 0. The normalized spacial score (nSPS) is 10.8. The fourth-order valence-corrected chi connectivity index (χ4v) is 2.62. The van der Waals surface area contributed by atoms with Crippen LogP contribution in [-0.2, 0) is 6.61 Å². The standard InChI is InChI=1S/C16H11BrO4/c17-14-7-10(15-5-2-11(8-18)20-15)1-4-13(14)16-6-3-12(9-19)21-16/h1-8,19H,9H2. The Balaban J connectivity index is 1.97. The van der Waals surface area contributed by atoms with Gasteiger partial charge in [-0.05, 0) is 36.4 Å². The molecule has 0 aliphatic carbocycles. The molecule has 0 aliphatic rings. The van der Waals surface area contributed by atoms with Crippen molar-refractivity contribution in [3.63, 3.8) is 0 Å². The fraction of sp³-hybridized carbons (Fsp3) is 0.0625. The van der Waals surface area contributed by atoms with Gasteiger partial charge >= 0.3 is 0 Å². The summed E-state index contributed by atoms with van der Waals surface area (Å²) >= 11 is 3.50. The maximum atomic E-state index is 10.7. The Morgan fingerprint density at radius 1 is 1.05 bits per heavy atom. The maximum absolute atomic E-state index is 10.7. The van der Waals surface area contributed by atoms with Gasteiger partial charge in [0.25, 0.3) is 0 Å². The summed E-state index contributed by atoms with van der Waals surface area (Å²) < 4.78 is 11.7. The molecule has 0 saturated heterocycles. The van der Waals surface area contributed by atoms with Crippen molar-refractivity contribution in [3.05, 3.63) is 58.5 Å². The van der Waals surface area contributed by atoms with Crippen LogP contribution in [0, 0.1) is 0 Å². The minimum absolute atomic E-state index is 0.128. The molecule has 0 bridgehead atoms.